The topological polar surface area (TPSA) is 41.0 Å². The fourth-order valence-corrected chi connectivity index (χ4v) is 4.52. The van der Waals surface area contributed by atoms with Crippen molar-refractivity contribution in [2.75, 3.05) is 18.0 Å². The Labute approximate surface area is 159 Å². The summed E-state index contributed by atoms with van der Waals surface area (Å²) in [6.45, 7) is 1.32. The van der Waals surface area contributed by atoms with Gasteiger partial charge in [0, 0.05) is 30.6 Å². The highest BCUT2D eigenvalue weighted by Crippen LogP contribution is 2.44. The van der Waals surface area contributed by atoms with Crippen molar-refractivity contribution in [3.05, 3.63) is 26.4 Å². The van der Waals surface area contributed by atoms with Gasteiger partial charge in [0.1, 0.15) is 5.82 Å². The lowest BCUT2D eigenvalue weighted by Crippen LogP contribution is -2.51. The van der Waals surface area contributed by atoms with E-state index >= 15 is 0 Å². The van der Waals surface area contributed by atoms with Crippen LogP contribution in [-0.2, 0) is 6.18 Å². The highest BCUT2D eigenvalue weighted by Gasteiger charge is 2.37. The SMILES string of the molecule is FC(F)(F)c1cc2c(N3CC4CCC(C3)N4)nc(Cl)nc2c(Cl)c1Br. The number of fused-ring (bicyclic) bond motifs is 3. The number of nitrogens with zero attached hydrogens (tertiary/aromatic N) is 3. The maximum absolute atomic E-state index is 13.4. The maximum atomic E-state index is 13.4. The molecule has 10 heteroatoms. The molecular weight excluding hydrogens is 444 g/mol. The molecule has 2 aliphatic heterocycles. The number of alkyl halides is 3. The Morgan fingerprint density at radius 2 is 1.80 bits per heavy atom. The van der Waals surface area contributed by atoms with Gasteiger partial charge in [-0.05, 0) is 46.4 Å². The first-order valence-corrected chi connectivity index (χ1v) is 9.22. The summed E-state index contributed by atoms with van der Waals surface area (Å²) in [5.74, 6) is 0.397. The molecule has 2 atom stereocenters. The van der Waals surface area contributed by atoms with Gasteiger partial charge in [-0.25, -0.2) is 4.98 Å². The summed E-state index contributed by atoms with van der Waals surface area (Å²) in [5.41, 5.74) is -0.641. The molecule has 2 bridgehead atoms. The van der Waals surface area contributed by atoms with Crippen LogP contribution in [0, 0.1) is 0 Å². The van der Waals surface area contributed by atoms with Gasteiger partial charge in [-0.2, -0.15) is 18.2 Å². The molecule has 3 heterocycles. The lowest BCUT2D eigenvalue weighted by atomic mass is 10.1. The summed E-state index contributed by atoms with van der Waals surface area (Å²) in [5, 5.41) is 3.58. The summed E-state index contributed by atoms with van der Waals surface area (Å²) < 4.78 is 39.9. The van der Waals surface area contributed by atoms with E-state index in [4.69, 9.17) is 23.2 Å². The Bertz CT molecular complexity index is 849. The third kappa shape index (κ3) is 3.07. The fourth-order valence-electron chi connectivity index (χ4n) is 3.58. The molecule has 0 aliphatic carbocycles. The Kier molecular flexibility index (Phi) is 4.30. The zero-order chi connectivity index (χ0) is 17.9. The molecule has 2 unspecified atom stereocenters. The summed E-state index contributed by atoms with van der Waals surface area (Å²) in [6.07, 6.45) is -2.47. The Morgan fingerprint density at radius 3 is 2.40 bits per heavy atom. The van der Waals surface area contributed by atoms with Crippen molar-refractivity contribution in [2.24, 2.45) is 0 Å². The van der Waals surface area contributed by atoms with Crippen LogP contribution in [0.4, 0.5) is 19.0 Å². The molecule has 4 rings (SSSR count). The predicted octanol–water partition coefficient (Wildman–Crippen LogP) is 4.66. The molecule has 0 saturated carbocycles. The zero-order valence-electron chi connectivity index (χ0n) is 12.7. The van der Waals surface area contributed by atoms with Gasteiger partial charge in [0.25, 0.3) is 0 Å². The minimum absolute atomic E-state index is 0.0399. The van der Waals surface area contributed by atoms with Crippen molar-refractivity contribution in [1.29, 1.82) is 0 Å². The van der Waals surface area contributed by atoms with Gasteiger partial charge in [0.2, 0.25) is 5.28 Å². The summed E-state index contributed by atoms with van der Waals surface area (Å²) in [4.78, 5) is 10.2. The van der Waals surface area contributed by atoms with Crippen LogP contribution < -0.4 is 10.2 Å². The van der Waals surface area contributed by atoms with Crippen LogP contribution in [0.25, 0.3) is 10.9 Å². The Hall–Kier alpha value is -0.830. The van der Waals surface area contributed by atoms with Crippen LogP contribution >= 0.6 is 39.1 Å². The smallest absolute Gasteiger partial charge is 0.353 e. The van der Waals surface area contributed by atoms with E-state index < -0.39 is 11.7 Å². The lowest BCUT2D eigenvalue weighted by Gasteiger charge is -2.34. The molecule has 1 aromatic heterocycles. The summed E-state index contributed by atoms with van der Waals surface area (Å²) in [7, 11) is 0. The molecule has 1 N–H and O–H groups in total. The van der Waals surface area contributed by atoms with Crippen LogP contribution in [0.15, 0.2) is 10.5 Å². The second kappa shape index (κ2) is 6.11. The minimum atomic E-state index is -4.55. The monoisotopic (exact) mass is 454 g/mol. The standard InChI is InChI=1S/C15H12BrCl2F3N4/c16-10-9(15(19,20)21)3-8-12(11(10)17)23-14(18)24-13(8)25-4-6-1-2-7(5-25)22-6/h3,6-7,22H,1-2,4-5H2. The Morgan fingerprint density at radius 1 is 1.16 bits per heavy atom. The second-order valence-corrected chi connectivity index (χ2v) is 7.81. The third-order valence-corrected chi connectivity index (χ3v) is 6.23. The van der Waals surface area contributed by atoms with Crippen LogP contribution in [0.3, 0.4) is 0 Å². The molecular formula is C15H12BrCl2F3N4. The highest BCUT2D eigenvalue weighted by atomic mass is 79.9. The molecule has 0 amide bonds. The van der Waals surface area contributed by atoms with E-state index in [0.717, 1.165) is 18.9 Å². The number of halogens is 6. The largest absolute Gasteiger partial charge is 0.417 e. The van der Waals surface area contributed by atoms with E-state index in [1.54, 1.807) is 0 Å². The van der Waals surface area contributed by atoms with Crippen molar-refractivity contribution in [3.8, 4) is 0 Å². The number of hydrogen-bond donors (Lipinski definition) is 1. The van der Waals surface area contributed by atoms with Crippen LogP contribution in [-0.4, -0.2) is 35.1 Å². The molecule has 4 nitrogen and oxygen atoms in total. The first kappa shape index (κ1) is 17.6. The molecule has 25 heavy (non-hydrogen) atoms. The van der Waals surface area contributed by atoms with E-state index in [-0.39, 0.29) is 25.7 Å². The van der Waals surface area contributed by atoms with Crippen molar-refractivity contribution >= 4 is 55.9 Å². The fraction of sp³-hybridized carbons (Fsp3) is 0.467. The number of rotatable bonds is 1. The van der Waals surface area contributed by atoms with Gasteiger partial charge >= 0.3 is 6.18 Å². The van der Waals surface area contributed by atoms with Gasteiger partial charge in [0.05, 0.1) is 20.6 Å². The van der Waals surface area contributed by atoms with Crippen molar-refractivity contribution in [1.82, 2.24) is 15.3 Å². The van der Waals surface area contributed by atoms with Crippen LogP contribution in [0.5, 0.6) is 0 Å². The van der Waals surface area contributed by atoms with Crippen molar-refractivity contribution in [3.63, 3.8) is 0 Å². The van der Waals surface area contributed by atoms with E-state index in [0.29, 0.717) is 31.0 Å². The van der Waals surface area contributed by atoms with E-state index in [1.807, 2.05) is 4.90 Å². The number of aromatic nitrogens is 2. The number of hydrogen-bond acceptors (Lipinski definition) is 4. The molecule has 134 valence electrons. The van der Waals surface area contributed by atoms with E-state index in [9.17, 15) is 13.2 Å². The van der Waals surface area contributed by atoms with Gasteiger partial charge in [-0.3, -0.25) is 0 Å². The third-order valence-electron chi connectivity index (χ3n) is 4.65. The average molecular weight is 456 g/mol. The van der Waals surface area contributed by atoms with E-state index in [2.05, 4.69) is 31.2 Å². The van der Waals surface area contributed by atoms with Gasteiger partial charge in [-0.15, -0.1) is 0 Å². The molecule has 1 aromatic carbocycles. The molecule has 2 saturated heterocycles. The highest BCUT2D eigenvalue weighted by molar-refractivity contribution is 9.10. The minimum Gasteiger partial charge on any atom is -0.353 e. The Balaban J connectivity index is 1.93. The van der Waals surface area contributed by atoms with Crippen molar-refractivity contribution < 1.29 is 13.2 Å². The first-order chi connectivity index (χ1) is 11.7. The lowest BCUT2D eigenvalue weighted by molar-refractivity contribution is -0.138. The quantitative estimate of drug-likeness (QED) is 0.635. The molecule has 0 spiro atoms. The van der Waals surface area contributed by atoms with Crippen LogP contribution in [0.1, 0.15) is 18.4 Å². The van der Waals surface area contributed by atoms with E-state index in [1.165, 1.54) is 0 Å². The normalized spacial score (nSPS) is 23.5. The van der Waals surface area contributed by atoms with Crippen molar-refractivity contribution in [2.45, 2.75) is 31.1 Å². The second-order valence-electron chi connectivity index (χ2n) is 6.31. The number of benzene rings is 1. The molecule has 2 aliphatic rings. The molecule has 2 aromatic rings. The summed E-state index contributed by atoms with van der Waals surface area (Å²) in [6, 6.07) is 1.65. The van der Waals surface area contributed by atoms with Crippen LogP contribution in [0.2, 0.25) is 10.3 Å². The maximum Gasteiger partial charge on any atom is 0.417 e. The molecule has 0 radical (unpaired) electrons. The van der Waals surface area contributed by atoms with Gasteiger partial charge in [-0.1, -0.05) is 11.6 Å². The molecule has 2 fully saturated rings. The predicted molar refractivity (Wildman–Crippen MR) is 94.4 cm³/mol. The summed E-state index contributed by atoms with van der Waals surface area (Å²) >= 11 is 15.1. The van der Waals surface area contributed by atoms with Gasteiger partial charge < -0.3 is 10.2 Å². The number of nitrogens with one attached hydrogen (secondary N) is 1. The zero-order valence-corrected chi connectivity index (χ0v) is 15.8. The number of anilines is 1. The first-order valence-electron chi connectivity index (χ1n) is 7.67. The van der Waals surface area contributed by atoms with Gasteiger partial charge in [0.15, 0.2) is 0 Å². The number of piperazine rings is 1. The average Bonchev–Trinajstić information content (AvgIpc) is 2.87.